The molecule has 0 unspecified atom stereocenters. The lowest BCUT2D eigenvalue weighted by molar-refractivity contribution is -0.122. The standard InChI is InChI=1S/C13H20FN3O3S/c1-13(2,3)17-12(18)6-7-16-21(19,20)11-8-9(15)4-5-10(11)14/h4-5,8,16H,6-7,15H2,1-3H3,(H,17,18). The van der Waals surface area contributed by atoms with Crippen LogP contribution in [0.25, 0.3) is 0 Å². The zero-order valence-electron chi connectivity index (χ0n) is 12.2. The van der Waals surface area contributed by atoms with E-state index in [4.69, 9.17) is 5.73 Å². The molecule has 0 spiro atoms. The molecule has 0 heterocycles. The number of carbonyl (C=O) groups is 1. The third-order valence-electron chi connectivity index (χ3n) is 2.40. The number of hydrogen-bond donors (Lipinski definition) is 3. The van der Waals surface area contributed by atoms with Crippen LogP contribution in [0.1, 0.15) is 27.2 Å². The SMILES string of the molecule is CC(C)(C)NC(=O)CCNS(=O)(=O)c1cc(N)ccc1F. The molecule has 21 heavy (non-hydrogen) atoms. The molecule has 0 saturated heterocycles. The van der Waals surface area contributed by atoms with Crippen molar-refractivity contribution < 1.29 is 17.6 Å². The van der Waals surface area contributed by atoms with E-state index in [1.165, 1.54) is 6.07 Å². The first-order valence-electron chi connectivity index (χ1n) is 6.37. The molecule has 0 fully saturated rings. The minimum absolute atomic E-state index is 0.0412. The van der Waals surface area contributed by atoms with Crippen LogP contribution in [0.2, 0.25) is 0 Å². The molecule has 0 radical (unpaired) electrons. The van der Waals surface area contributed by atoms with Gasteiger partial charge in [-0.3, -0.25) is 4.79 Å². The van der Waals surface area contributed by atoms with Crippen LogP contribution in [-0.4, -0.2) is 26.4 Å². The fourth-order valence-electron chi connectivity index (χ4n) is 1.58. The first-order valence-corrected chi connectivity index (χ1v) is 7.85. The first-order chi connectivity index (χ1) is 9.51. The monoisotopic (exact) mass is 317 g/mol. The van der Waals surface area contributed by atoms with Gasteiger partial charge in [0.25, 0.3) is 0 Å². The van der Waals surface area contributed by atoms with Gasteiger partial charge in [-0.05, 0) is 39.0 Å². The van der Waals surface area contributed by atoms with Gasteiger partial charge < -0.3 is 11.1 Å². The Kier molecular flexibility index (Phi) is 5.30. The van der Waals surface area contributed by atoms with Crippen molar-refractivity contribution in [3.63, 3.8) is 0 Å². The van der Waals surface area contributed by atoms with Gasteiger partial charge in [0.05, 0.1) is 0 Å². The lowest BCUT2D eigenvalue weighted by Crippen LogP contribution is -2.42. The number of rotatable bonds is 5. The van der Waals surface area contributed by atoms with E-state index in [1.807, 2.05) is 20.8 Å². The zero-order valence-corrected chi connectivity index (χ0v) is 13.1. The van der Waals surface area contributed by atoms with Crippen LogP contribution in [0.5, 0.6) is 0 Å². The summed E-state index contributed by atoms with van der Waals surface area (Å²) in [7, 11) is -4.04. The molecule has 0 aromatic heterocycles. The van der Waals surface area contributed by atoms with E-state index in [1.54, 1.807) is 0 Å². The first kappa shape index (κ1) is 17.4. The van der Waals surface area contributed by atoms with E-state index < -0.39 is 26.3 Å². The van der Waals surface area contributed by atoms with E-state index in [9.17, 15) is 17.6 Å². The van der Waals surface area contributed by atoms with Crippen LogP contribution in [0.15, 0.2) is 23.1 Å². The molecular formula is C13H20FN3O3S. The molecular weight excluding hydrogens is 297 g/mol. The molecule has 1 aromatic carbocycles. The van der Waals surface area contributed by atoms with Crippen LogP contribution in [0.3, 0.4) is 0 Å². The number of nitrogens with two attached hydrogens (primary N) is 1. The maximum Gasteiger partial charge on any atom is 0.243 e. The molecule has 1 aromatic rings. The van der Waals surface area contributed by atoms with Crippen molar-refractivity contribution in [1.82, 2.24) is 10.0 Å². The summed E-state index contributed by atoms with van der Waals surface area (Å²) in [6, 6.07) is 3.29. The Morgan fingerprint density at radius 3 is 2.52 bits per heavy atom. The van der Waals surface area contributed by atoms with E-state index in [0.717, 1.165) is 12.1 Å². The zero-order chi connectivity index (χ0) is 16.3. The Hall–Kier alpha value is -1.67. The van der Waals surface area contributed by atoms with Crippen LogP contribution in [0.4, 0.5) is 10.1 Å². The average molecular weight is 317 g/mol. The molecule has 0 aliphatic heterocycles. The van der Waals surface area contributed by atoms with Gasteiger partial charge in [-0.1, -0.05) is 0 Å². The molecule has 6 nitrogen and oxygen atoms in total. The number of benzene rings is 1. The maximum absolute atomic E-state index is 13.5. The van der Waals surface area contributed by atoms with Crippen molar-refractivity contribution in [2.24, 2.45) is 0 Å². The number of amides is 1. The summed E-state index contributed by atoms with van der Waals surface area (Å²) in [6.07, 6.45) is -0.0412. The van der Waals surface area contributed by atoms with Crippen molar-refractivity contribution in [3.8, 4) is 0 Å². The fourth-order valence-corrected chi connectivity index (χ4v) is 2.73. The molecule has 0 aliphatic carbocycles. The number of nitrogens with one attached hydrogen (secondary N) is 2. The quantitative estimate of drug-likeness (QED) is 0.705. The van der Waals surface area contributed by atoms with E-state index in [2.05, 4.69) is 10.0 Å². The van der Waals surface area contributed by atoms with Crippen molar-refractivity contribution in [2.45, 2.75) is 37.6 Å². The number of anilines is 1. The number of carbonyl (C=O) groups excluding carboxylic acids is 1. The normalized spacial score (nSPS) is 12.2. The highest BCUT2D eigenvalue weighted by Crippen LogP contribution is 2.17. The second-order valence-electron chi connectivity index (χ2n) is 5.64. The highest BCUT2D eigenvalue weighted by molar-refractivity contribution is 7.89. The van der Waals surface area contributed by atoms with Gasteiger partial charge in [0.15, 0.2) is 0 Å². The molecule has 0 aliphatic rings. The van der Waals surface area contributed by atoms with Gasteiger partial charge in [0.2, 0.25) is 15.9 Å². The minimum Gasteiger partial charge on any atom is -0.399 e. The highest BCUT2D eigenvalue weighted by atomic mass is 32.2. The maximum atomic E-state index is 13.5. The van der Waals surface area contributed by atoms with Crippen LogP contribution >= 0.6 is 0 Å². The Morgan fingerprint density at radius 1 is 1.33 bits per heavy atom. The van der Waals surface area contributed by atoms with E-state index >= 15 is 0 Å². The Bertz CT molecular complexity index is 624. The molecule has 118 valence electrons. The summed E-state index contributed by atoms with van der Waals surface area (Å²) in [4.78, 5) is 11.0. The Labute approximate surface area is 124 Å². The van der Waals surface area contributed by atoms with E-state index in [-0.39, 0.29) is 24.6 Å². The number of halogens is 1. The van der Waals surface area contributed by atoms with Crippen molar-refractivity contribution in [2.75, 3.05) is 12.3 Å². The fraction of sp³-hybridized carbons (Fsp3) is 0.462. The summed E-state index contributed by atoms with van der Waals surface area (Å²) in [5.41, 5.74) is 5.20. The highest BCUT2D eigenvalue weighted by Gasteiger charge is 2.20. The topological polar surface area (TPSA) is 101 Å². The van der Waals surface area contributed by atoms with Crippen molar-refractivity contribution in [3.05, 3.63) is 24.0 Å². The van der Waals surface area contributed by atoms with Crippen molar-refractivity contribution >= 4 is 21.6 Å². The number of hydrogen-bond acceptors (Lipinski definition) is 4. The predicted molar refractivity (Wildman–Crippen MR) is 78.5 cm³/mol. The van der Waals surface area contributed by atoms with Crippen LogP contribution in [0, 0.1) is 5.82 Å². The van der Waals surface area contributed by atoms with Gasteiger partial charge in [-0.2, -0.15) is 0 Å². The second-order valence-corrected chi connectivity index (χ2v) is 7.37. The van der Waals surface area contributed by atoms with Gasteiger partial charge in [-0.15, -0.1) is 0 Å². The van der Waals surface area contributed by atoms with Crippen LogP contribution < -0.4 is 15.8 Å². The molecule has 1 rings (SSSR count). The number of nitrogen functional groups attached to an aromatic ring is 1. The molecule has 0 atom stereocenters. The van der Waals surface area contributed by atoms with Gasteiger partial charge in [0, 0.05) is 24.2 Å². The summed E-state index contributed by atoms with van der Waals surface area (Å²) in [5, 5.41) is 2.70. The molecule has 1 amide bonds. The summed E-state index contributed by atoms with van der Waals surface area (Å²) in [6.45, 7) is 5.32. The largest absolute Gasteiger partial charge is 0.399 e. The molecule has 8 heteroatoms. The summed E-state index contributed by atoms with van der Waals surface area (Å²) >= 11 is 0. The number of sulfonamides is 1. The van der Waals surface area contributed by atoms with Crippen LogP contribution in [-0.2, 0) is 14.8 Å². The summed E-state index contributed by atoms with van der Waals surface area (Å²) in [5.74, 6) is -1.19. The Morgan fingerprint density at radius 2 is 1.95 bits per heavy atom. The smallest absolute Gasteiger partial charge is 0.243 e. The summed E-state index contributed by atoms with van der Waals surface area (Å²) < 4.78 is 39.6. The lowest BCUT2D eigenvalue weighted by Gasteiger charge is -2.20. The van der Waals surface area contributed by atoms with E-state index in [0.29, 0.717) is 0 Å². The average Bonchev–Trinajstić information content (AvgIpc) is 2.29. The molecule has 4 N–H and O–H groups in total. The Balaban J connectivity index is 2.66. The third kappa shape index (κ3) is 5.68. The molecule has 0 bridgehead atoms. The minimum atomic E-state index is -4.04. The van der Waals surface area contributed by atoms with Gasteiger partial charge in [0.1, 0.15) is 10.7 Å². The predicted octanol–water partition coefficient (Wildman–Crippen LogP) is 0.991. The third-order valence-corrected chi connectivity index (χ3v) is 3.88. The van der Waals surface area contributed by atoms with Crippen molar-refractivity contribution in [1.29, 1.82) is 0 Å². The second kappa shape index (κ2) is 6.40. The van der Waals surface area contributed by atoms with Gasteiger partial charge >= 0.3 is 0 Å². The lowest BCUT2D eigenvalue weighted by atomic mass is 10.1. The molecule has 0 saturated carbocycles. The van der Waals surface area contributed by atoms with Gasteiger partial charge in [-0.25, -0.2) is 17.5 Å².